The number of nitrogens with one attached hydrogen (secondary N) is 1. The van der Waals surface area contributed by atoms with Crippen molar-refractivity contribution in [2.24, 2.45) is 10.7 Å². The molecule has 2 aliphatic carbocycles. The molecule has 3 N–H and O–H groups in total. The van der Waals surface area contributed by atoms with Crippen LogP contribution in [0.2, 0.25) is 0 Å². The smallest absolute Gasteiger partial charge is 0.368 e. The first-order valence-corrected chi connectivity index (χ1v) is 15.7. The van der Waals surface area contributed by atoms with Gasteiger partial charge in [0.1, 0.15) is 41.1 Å². The van der Waals surface area contributed by atoms with Crippen LogP contribution in [0, 0.1) is 24.1 Å². The fraction of sp³-hybridized carbons (Fsp3) is 0.455. The van der Waals surface area contributed by atoms with Gasteiger partial charge in [-0.1, -0.05) is 0 Å². The minimum absolute atomic E-state index is 0.113. The van der Waals surface area contributed by atoms with Crippen molar-refractivity contribution >= 4 is 23.3 Å². The van der Waals surface area contributed by atoms with Crippen molar-refractivity contribution < 1.29 is 27.2 Å². The Bertz CT molecular complexity index is 1900. The van der Waals surface area contributed by atoms with Gasteiger partial charge >= 0.3 is 6.18 Å². The topological polar surface area (TPSA) is 142 Å². The first-order valence-electron chi connectivity index (χ1n) is 15.7. The summed E-state index contributed by atoms with van der Waals surface area (Å²) in [4.78, 5) is 35.8. The van der Waals surface area contributed by atoms with E-state index in [4.69, 9.17) is 10.7 Å². The number of aromatic nitrogens is 3. The number of nitrogens with zero attached hydrogens (tertiary/aromatic N) is 6. The molecule has 2 atom stereocenters. The van der Waals surface area contributed by atoms with Gasteiger partial charge in [0.15, 0.2) is 0 Å². The van der Waals surface area contributed by atoms with Crippen LogP contribution in [-0.2, 0) is 22.3 Å². The van der Waals surface area contributed by atoms with Crippen molar-refractivity contribution in [3.05, 3.63) is 64.0 Å². The summed E-state index contributed by atoms with van der Waals surface area (Å²) >= 11 is 0. The summed E-state index contributed by atoms with van der Waals surface area (Å²) in [7, 11) is 0. The van der Waals surface area contributed by atoms with E-state index in [-0.39, 0.29) is 66.8 Å². The van der Waals surface area contributed by atoms with Crippen molar-refractivity contribution in [3.8, 4) is 17.2 Å². The lowest BCUT2D eigenvalue weighted by atomic mass is 9.83. The van der Waals surface area contributed by atoms with Gasteiger partial charge in [-0.3, -0.25) is 19.3 Å². The molecule has 2 aliphatic heterocycles. The van der Waals surface area contributed by atoms with Crippen LogP contribution in [0.3, 0.4) is 0 Å². The average Bonchev–Trinajstić information content (AvgIpc) is 3.94. The first-order chi connectivity index (χ1) is 22.3. The third-order valence-electron chi connectivity index (χ3n) is 9.63. The number of primary amides is 1. The number of amidine groups is 1. The fourth-order valence-electron chi connectivity index (χ4n) is 6.98. The SMILES string of the molecule is Cc1c(-c2cc(F)c(C#N)c(N3CC[C@]4(C[C@@H]3C)N=C(c3ccc(C(F)(F)F)nc3C3CC3)NC4=O)c2)c(C2CC2)nn1CC(N)=O. The minimum atomic E-state index is -4.59. The molecular weight excluding hydrogens is 616 g/mol. The number of amides is 2. The predicted octanol–water partition coefficient (Wildman–Crippen LogP) is 4.83. The van der Waals surface area contributed by atoms with Gasteiger partial charge in [-0.15, -0.1) is 0 Å². The summed E-state index contributed by atoms with van der Waals surface area (Å²) in [6.07, 6.45) is -0.853. The number of anilines is 1. The van der Waals surface area contributed by atoms with Crippen molar-refractivity contribution in [2.75, 3.05) is 11.4 Å². The van der Waals surface area contributed by atoms with Crippen LogP contribution < -0.4 is 16.0 Å². The fourth-order valence-corrected chi connectivity index (χ4v) is 6.98. The monoisotopic (exact) mass is 648 g/mol. The maximum absolute atomic E-state index is 15.7. The molecule has 3 aromatic rings. The van der Waals surface area contributed by atoms with E-state index in [0.29, 0.717) is 40.9 Å². The standard InChI is InChI=1S/C33H32F4N8O2/c1-16-13-32(31(47)41-30(42-32)21-7-8-25(33(35,36)37)40-28(21)18-3-4-18)9-10-44(16)24-12-20(11-23(34)22(24)14-38)27-17(2)45(15-26(39)46)43-29(27)19-5-6-19/h7-8,11-12,16,18-19H,3-6,9-10,13,15H2,1-2H3,(H2,39,46)(H,41,42,47)/t16-,32+/m0/s1. The number of alkyl halides is 3. The number of carbonyl (C=O) groups is 2. The van der Waals surface area contributed by atoms with Crippen molar-refractivity contribution in [1.29, 1.82) is 5.26 Å². The number of hydrogen-bond donors (Lipinski definition) is 2. The quantitative estimate of drug-likeness (QED) is 0.352. The Labute approximate surface area is 267 Å². The Morgan fingerprint density at radius 1 is 1.17 bits per heavy atom. The Hall–Kier alpha value is -4.80. The van der Waals surface area contributed by atoms with Gasteiger partial charge < -0.3 is 16.0 Å². The number of rotatable bonds is 7. The van der Waals surface area contributed by atoms with E-state index in [0.717, 1.165) is 24.6 Å². The molecule has 3 fully saturated rings. The normalized spacial score (nSPS) is 22.7. The first kappa shape index (κ1) is 30.8. The van der Waals surface area contributed by atoms with Crippen LogP contribution >= 0.6 is 0 Å². The molecule has 2 aromatic heterocycles. The van der Waals surface area contributed by atoms with Crippen molar-refractivity contribution in [3.63, 3.8) is 0 Å². The van der Waals surface area contributed by atoms with Crippen LogP contribution in [0.5, 0.6) is 0 Å². The zero-order valence-corrected chi connectivity index (χ0v) is 25.8. The number of nitriles is 1. The van der Waals surface area contributed by atoms with Crippen LogP contribution in [0.15, 0.2) is 29.3 Å². The highest BCUT2D eigenvalue weighted by molar-refractivity contribution is 6.16. The number of halogens is 4. The average molecular weight is 649 g/mol. The van der Waals surface area contributed by atoms with E-state index in [2.05, 4.69) is 15.4 Å². The van der Waals surface area contributed by atoms with Gasteiger partial charge in [-0.2, -0.15) is 23.5 Å². The lowest BCUT2D eigenvalue weighted by molar-refractivity contribution is -0.141. The van der Waals surface area contributed by atoms with E-state index >= 15 is 4.39 Å². The number of piperidine rings is 1. The third kappa shape index (κ3) is 5.41. The molecule has 0 bridgehead atoms. The van der Waals surface area contributed by atoms with Crippen molar-refractivity contribution in [2.45, 2.75) is 88.5 Å². The second-order valence-electron chi connectivity index (χ2n) is 13.1. The van der Waals surface area contributed by atoms with Gasteiger partial charge in [0.25, 0.3) is 5.91 Å². The molecule has 2 amide bonds. The molecule has 0 unspecified atom stereocenters. The molecule has 0 radical (unpaired) electrons. The Balaban J connectivity index is 1.22. The molecule has 2 saturated carbocycles. The Morgan fingerprint density at radius 2 is 1.87 bits per heavy atom. The van der Waals surface area contributed by atoms with Crippen LogP contribution in [-0.4, -0.2) is 50.5 Å². The van der Waals surface area contributed by atoms with Crippen LogP contribution in [0.1, 0.15) is 91.2 Å². The Kier molecular flexibility index (Phi) is 7.14. The molecular formula is C33H32F4N8O2. The molecule has 4 aliphatic rings. The van der Waals surface area contributed by atoms with E-state index in [9.17, 15) is 28.0 Å². The molecule has 7 rings (SSSR count). The second kappa shape index (κ2) is 10.9. The molecule has 14 heteroatoms. The predicted molar refractivity (Wildman–Crippen MR) is 163 cm³/mol. The molecule has 10 nitrogen and oxygen atoms in total. The van der Waals surface area contributed by atoms with E-state index < -0.39 is 29.1 Å². The highest BCUT2D eigenvalue weighted by Gasteiger charge is 2.49. The zero-order chi connectivity index (χ0) is 33.4. The minimum Gasteiger partial charge on any atom is -0.368 e. The Morgan fingerprint density at radius 3 is 2.49 bits per heavy atom. The largest absolute Gasteiger partial charge is 0.433 e. The van der Waals surface area contributed by atoms with E-state index in [1.165, 1.54) is 16.8 Å². The summed E-state index contributed by atoms with van der Waals surface area (Å²) in [5, 5.41) is 17.4. The zero-order valence-electron chi connectivity index (χ0n) is 25.8. The summed E-state index contributed by atoms with van der Waals surface area (Å²) in [5.74, 6) is -1.33. The highest BCUT2D eigenvalue weighted by atomic mass is 19.4. The van der Waals surface area contributed by atoms with Gasteiger partial charge in [0.2, 0.25) is 5.91 Å². The number of pyridine rings is 1. The number of aliphatic imine (C=N–C) groups is 1. The molecule has 1 aromatic carbocycles. The van der Waals surface area contributed by atoms with Gasteiger partial charge in [0, 0.05) is 47.7 Å². The van der Waals surface area contributed by atoms with Gasteiger partial charge in [0.05, 0.1) is 17.1 Å². The number of carbonyl (C=O) groups excluding carboxylic acids is 2. The summed E-state index contributed by atoms with van der Waals surface area (Å²) in [5.41, 5.74) is 6.87. The number of benzene rings is 1. The number of nitrogens with two attached hydrogens (primary N) is 1. The maximum Gasteiger partial charge on any atom is 0.433 e. The lowest BCUT2D eigenvalue weighted by Gasteiger charge is -2.42. The van der Waals surface area contributed by atoms with Crippen LogP contribution in [0.25, 0.3) is 11.1 Å². The molecule has 1 spiro atoms. The summed E-state index contributed by atoms with van der Waals surface area (Å²) in [6.45, 7) is 3.82. The molecule has 4 heterocycles. The van der Waals surface area contributed by atoms with E-state index in [1.54, 1.807) is 13.0 Å². The van der Waals surface area contributed by atoms with Crippen LogP contribution in [0.4, 0.5) is 23.2 Å². The molecule has 244 valence electrons. The van der Waals surface area contributed by atoms with Gasteiger partial charge in [-0.05, 0) is 75.8 Å². The van der Waals surface area contributed by atoms with Crippen molar-refractivity contribution in [1.82, 2.24) is 20.1 Å². The number of hydrogen-bond acceptors (Lipinski definition) is 7. The van der Waals surface area contributed by atoms with E-state index in [1.807, 2.05) is 17.9 Å². The molecule has 1 saturated heterocycles. The highest BCUT2D eigenvalue weighted by Crippen LogP contribution is 2.47. The summed E-state index contributed by atoms with van der Waals surface area (Å²) in [6, 6.07) is 6.95. The van der Waals surface area contributed by atoms with Gasteiger partial charge in [-0.25, -0.2) is 9.37 Å². The lowest BCUT2D eigenvalue weighted by Crippen LogP contribution is -2.53. The summed E-state index contributed by atoms with van der Waals surface area (Å²) < 4.78 is 57.5. The third-order valence-corrected chi connectivity index (χ3v) is 9.63. The second-order valence-corrected chi connectivity index (χ2v) is 13.1. The maximum atomic E-state index is 15.7. The molecule has 47 heavy (non-hydrogen) atoms.